The van der Waals surface area contributed by atoms with Crippen molar-refractivity contribution in [1.29, 1.82) is 0 Å². The number of nitrogens with one attached hydrogen (secondary N) is 1. The van der Waals surface area contributed by atoms with E-state index in [1.165, 1.54) is 0 Å². The maximum Gasteiger partial charge on any atom is 0.403 e. The van der Waals surface area contributed by atoms with Gasteiger partial charge in [0, 0.05) is 12.6 Å². The lowest BCUT2D eigenvalue weighted by Crippen LogP contribution is -2.46. The third kappa shape index (κ3) is 4.45. The van der Waals surface area contributed by atoms with E-state index in [1.54, 1.807) is 0 Å². The number of carboxylic acids is 1. The van der Waals surface area contributed by atoms with Gasteiger partial charge in [-0.05, 0) is 12.8 Å². The average Bonchev–Trinajstić information content (AvgIpc) is 2.13. The molecule has 9 heteroatoms. The normalized spacial score (nSPS) is 25.6. The standard InChI is InChI=1S/C9H14F3NO4S/c10-9(11,12)7(8(14)15)4-13-6-2-1-3-18(16,17)5-6/h6-7,13H,1-5H2,(H,14,15). The van der Waals surface area contributed by atoms with E-state index in [4.69, 9.17) is 5.11 Å². The Morgan fingerprint density at radius 1 is 1.44 bits per heavy atom. The minimum Gasteiger partial charge on any atom is -0.481 e. The molecule has 2 N–H and O–H groups in total. The molecule has 106 valence electrons. The Morgan fingerprint density at radius 3 is 2.50 bits per heavy atom. The zero-order valence-corrected chi connectivity index (χ0v) is 10.2. The summed E-state index contributed by atoms with van der Waals surface area (Å²) >= 11 is 0. The quantitative estimate of drug-likeness (QED) is 0.783. The maximum atomic E-state index is 12.3. The smallest absolute Gasteiger partial charge is 0.403 e. The van der Waals surface area contributed by atoms with E-state index in [1.807, 2.05) is 0 Å². The molecule has 1 heterocycles. The zero-order valence-electron chi connectivity index (χ0n) is 9.40. The molecule has 0 aromatic carbocycles. The zero-order chi connectivity index (χ0) is 14.0. The highest BCUT2D eigenvalue weighted by atomic mass is 32.2. The first-order chi connectivity index (χ1) is 8.12. The molecule has 1 saturated heterocycles. The molecular weight excluding hydrogens is 275 g/mol. The van der Waals surface area contributed by atoms with Crippen molar-refractivity contribution in [3.05, 3.63) is 0 Å². The van der Waals surface area contributed by atoms with E-state index in [0.717, 1.165) is 0 Å². The van der Waals surface area contributed by atoms with Crippen molar-refractivity contribution in [1.82, 2.24) is 5.32 Å². The summed E-state index contributed by atoms with van der Waals surface area (Å²) in [5, 5.41) is 10.8. The van der Waals surface area contributed by atoms with Gasteiger partial charge in [0.05, 0.1) is 11.5 Å². The highest BCUT2D eigenvalue weighted by molar-refractivity contribution is 7.91. The third-order valence-electron chi connectivity index (χ3n) is 2.77. The van der Waals surface area contributed by atoms with Crippen molar-refractivity contribution in [2.75, 3.05) is 18.1 Å². The molecule has 0 bridgehead atoms. The monoisotopic (exact) mass is 289 g/mol. The average molecular weight is 289 g/mol. The molecule has 1 fully saturated rings. The van der Waals surface area contributed by atoms with Crippen molar-refractivity contribution in [3.8, 4) is 0 Å². The van der Waals surface area contributed by atoms with Gasteiger partial charge in [-0.15, -0.1) is 0 Å². The predicted octanol–water partition coefficient (Wildman–Crippen LogP) is 0.416. The molecule has 18 heavy (non-hydrogen) atoms. The molecule has 0 aromatic heterocycles. The Kier molecular flexibility index (Phi) is 4.60. The highest BCUT2D eigenvalue weighted by Gasteiger charge is 2.45. The number of carbonyl (C=O) groups is 1. The Bertz CT molecular complexity index is 407. The number of hydrogen-bond acceptors (Lipinski definition) is 4. The fraction of sp³-hybridized carbons (Fsp3) is 0.889. The third-order valence-corrected chi connectivity index (χ3v) is 4.59. The van der Waals surface area contributed by atoms with E-state index in [9.17, 15) is 26.4 Å². The summed E-state index contributed by atoms with van der Waals surface area (Å²) in [6, 6.07) is -0.604. The number of sulfone groups is 1. The van der Waals surface area contributed by atoms with Gasteiger partial charge in [-0.1, -0.05) is 0 Å². The molecule has 0 aromatic rings. The summed E-state index contributed by atoms with van der Waals surface area (Å²) in [4.78, 5) is 10.5. The Balaban J connectivity index is 2.55. The summed E-state index contributed by atoms with van der Waals surface area (Å²) in [5.41, 5.74) is 0. The van der Waals surface area contributed by atoms with Crippen LogP contribution in [0.3, 0.4) is 0 Å². The first kappa shape index (κ1) is 15.2. The summed E-state index contributed by atoms with van der Waals surface area (Å²) in [7, 11) is -3.23. The van der Waals surface area contributed by atoms with Gasteiger partial charge in [0.2, 0.25) is 0 Å². The van der Waals surface area contributed by atoms with E-state index in [2.05, 4.69) is 5.32 Å². The number of carboxylic acid groups (broad SMARTS) is 1. The minimum absolute atomic E-state index is 0.0345. The number of hydrogen-bond donors (Lipinski definition) is 2. The van der Waals surface area contributed by atoms with Gasteiger partial charge in [0.25, 0.3) is 0 Å². The van der Waals surface area contributed by atoms with Crippen LogP contribution in [0.2, 0.25) is 0 Å². The molecule has 0 aliphatic carbocycles. The minimum atomic E-state index is -4.84. The van der Waals surface area contributed by atoms with Crippen LogP contribution in [0.5, 0.6) is 0 Å². The van der Waals surface area contributed by atoms with Crippen LogP contribution < -0.4 is 5.32 Å². The highest BCUT2D eigenvalue weighted by Crippen LogP contribution is 2.26. The van der Waals surface area contributed by atoms with Gasteiger partial charge < -0.3 is 10.4 Å². The van der Waals surface area contributed by atoms with Crippen LogP contribution in [0.1, 0.15) is 12.8 Å². The number of halogens is 3. The lowest BCUT2D eigenvalue weighted by Gasteiger charge is -2.25. The van der Waals surface area contributed by atoms with Gasteiger partial charge >= 0.3 is 12.1 Å². The van der Waals surface area contributed by atoms with Crippen molar-refractivity contribution in [3.63, 3.8) is 0 Å². The van der Waals surface area contributed by atoms with Crippen LogP contribution >= 0.6 is 0 Å². The molecule has 2 atom stereocenters. The molecule has 0 amide bonds. The predicted molar refractivity (Wildman–Crippen MR) is 56.9 cm³/mol. The number of aliphatic carboxylic acids is 1. The fourth-order valence-electron chi connectivity index (χ4n) is 1.81. The van der Waals surface area contributed by atoms with Crippen molar-refractivity contribution < 1.29 is 31.5 Å². The van der Waals surface area contributed by atoms with E-state index in [-0.39, 0.29) is 11.5 Å². The van der Waals surface area contributed by atoms with Gasteiger partial charge in [-0.25, -0.2) is 8.42 Å². The molecule has 1 aliphatic heterocycles. The second kappa shape index (κ2) is 5.43. The Labute approximate surface area is 102 Å². The topological polar surface area (TPSA) is 83.5 Å². The van der Waals surface area contributed by atoms with Gasteiger partial charge in [-0.2, -0.15) is 13.2 Å². The van der Waals surface area contributed by atoms with Gasteiger partial charge in [-0.3, -0.25) is 4.79 Å². The van der Waals surface area contributed by atoms with E-state index >= 15 is 0 Å². The summed E-state index contributed by atoms with van der Waals surface area (Å²) in [6.07, 6.45) is -4.03. The van der Waals surface area contributed by atoms with Crippen molar-refractivity contribution >= 4 is 15.8 Å². The van der Waals surface area contributed by atoms with Crippen LogP contribution in [-0.4, -0.2) is 49.8 Å². The van der Waals surface area contributed by atoms with Crippen LogP contribution in [-0.2, 0) is 14.6 Å². The fourth-order valence-corrected chi connectivity index (χ4v) is 3.48. The maximum absolute atomic E-state index is 12.3. The van der Waals surface area contributed by atoms with Gasteiger partial charge in [0.15, 0.2) is 15.8 Å². The van der Waals surface area contributed by atoms with Crippen LogP contribution in [0.4, 0.5) is 13.2 Å². The molecule has 0 radical (unpaired) electrons. The Morgan fingerprint density at radius 2 is 2.06 bits per heavy atom. The van der Waals surface area contributed by atoms with Gasteiger partial charge in [0.1, 0.15) is 0 Å². The number of rotatable bonds is 4. The first-order valence-electron chi connectivity index (χ1n) is 5.35. The molecule has 0 saturated carbocycles. The molecule has 5 nitrogen and oxygen atoms in total. The summed E-state index contributed by atoms with van der Waals surface area (Å²) < 4.78 is 59.5. The molecule has 1 aliphatic rings. The summed E-state index contributed by atoms with van der Waals surface area (Å²) in [5.74, 6) is -4.68. The molecule has 1 rings (SSSR count). The summed E-state index contributed by atoms with van der Waals surface area (Å²) in [6.45, 7) is -0.807. The molecule has 0 spiro atoms. The molecule has 2 unspecified atom stereocenters. The second-order valence-corrected chi connectivity index (χ2v) is 6.52. The second-order valence-electron chi connectivity index (χ2n) is 4.29. The van der Waals surface area contributed by atoms with E-state index < -0.39 is 40.5 Å². The van der Waals surface area contributed by atoms with Crippen molar-refractivity contribution in [2.24, 2.45) is 5.92 Å². The number of alkyl halides is 3. The van der Waals surface area contributed by atoms with Crippen LogP contribution in [0, 0.1) is 5.92 Å². The van der Waals surface area contributed by atoms with E-state index in [0.29, 0.717) is 12.8 Å². The lowest BCUT2D eigenvalue weighted by atomic mass is 10.1. The van der Waals surface area contributed by atoms with Crippen molar-refractivity contribution in [2.45, 2.75) is 25.1 Å². The lowest BCUT2D eigenvalue weighted by molar-refractivity contribution is -0.192. The first-order valence-corrected chi connectivity index (χ1v) is 7.17. The SMILES string of the molecule is O=C(O)C(CNC1CCCS(=O)(=O)C1)C(F)(F)F. The largest absolute Gasteiger partial charge is 0.481 e. The van der Waals surface area contributed by atoms with Crippen LogP contribution in [0.25, 0.3) is 0 Å². The molecular formula is C9H14F3NO4S. The van der Waals surface area contributed by atoms with Crippen LogP contribution in [0.15, 0.2) is 0 Å². The Hall–Kier alpha value is -0.830.